The molecule has 1 amide bonds. The Hall–Kier alpha value is -4.46. The van der Waals surface area contributed by atoms with Gasteiger partial charge in [-0.25, -0.2) is 27.4 Å². The molecule has 3 aromatic rings. The number of likely N-dealkylation sites (tertiary alicyclic amines) is 1. The van der Waals surface area contributed by atoms with E-state index in [4.69, 9.17) is 4.74 Å². The van der Waals surface area contributed by atoms with E-state index in [0.717, 1.165) is 41.4 Å². The van der Waals surface area contributed by atoms with Crippen LogP contribution < -0.4 is 19.3 Å². The molecule has 2 N–H and O–H groups in total. The van der Waals surface area contributed by atoms with Crippen molar-refractivity contribution in [3.8, 4) is 5.75 Å². The smallest absolute Gasteiger partial charge is 0.415 e. The highest BCUT2D eigenvalue weighted by atomic mass is 32.2. The number of nitrogens with zero attached hydrogens (tertiary/aromatic N) is 5. The summed E-state index contributed by atoms with van der Waals surface area (Å²) in [5.74, 6) is -1.11. The molecular weight excluding hydrogens is 591 g/mol. The van der Waals surface area contributed by atoms with Gasteiger partial charge in [0.1, 0.15) is 23.3 Å². The molecule has 0 spiro atoms. The molecule has 0 radical (unpaired) electrons. The number of carboxylic acid groups (broad SMARTS) is 1. The van der Waals surface area contributed by atoms with E-state index in [0.29, 0.717) is 43.4 Å². The number of nitrogens with one attached hydrogen (secondary N) is 1. The minimum Gasteiger partial charge on any atom is -0.480 e. The molecule has 2 heterocycles. The van der Waals surface area contributed by atoms with Crippen LogP contribution in [0.25, 0.3) is 0 Å². The van der Waals surface area contributed by atoms with E-state index < -0.39 is 33.9 Å². The van der Waals surface area contributed by atoms with Gasteiger partial charge in [-0.15, -0.1) is 0 Å². The number of hydrogen-bond donors (Lipinski definition) is 2. The van der Waals surface area contributed by atoms with Crippen molar-refractivity contribution in [1.29, 1.82) is 0 Å². The van der Waals surface area contributed by atoms with Crippen molar-refractivity contribution in [2.24, 2.45) is 0 Å². The van der Waals surface area contributed by atoms with Crippen LogP contribution in [0, 0.1) is 5.82 Å². The first-order chi connectivity index (χ1) is 21.1. The molecule has 4 rings (SSSR count). The highest BCUT2D eigenvalue weighted by molar-refractivity contribution is 7.92. The Kier molecular flexibility index (Phi) is 10.6. The second-order valence-corrected chi connectivity index (χ2v) is 12.0. The molecule has 236 valence electrons. The van der Waals surface area contributed by atoms with Crippen LogP contribution in [0.3, 0.4) is 0 Å². The zero-order valence-electron chi connectivity index (χ0n) is 24.9. The van der Waals surface area contributed by atoms with Crippen molar-refractivity contribution in [3.63, 3.8) is 0 Å². The maximum absolute atomic E-state index is 13.6. The molecule has 1 aromatic heterocycles. The molecule has 1 atom stereocenters. The third-order valence-electron chi connectivity index (χ3n) is 7.30. The third kappa shape index (κ3) is 7.54. The second kappa shape index (κ2) is 14.3. The number of carboxylic acids is 1. The maximum Gasteiger partial charge on any atom is 0.415 e. The Morgan fingerprint density at radius 3 is 2.23 bits per heavy atom. The number of halogens is 1. The largest absolute Gasteiger partial charge is 0.480 e. The number of benzene rings is 2. The van der Waals surface area contributed by atoms with Gasteiger partial charge in [0.25, 0.3) is 10.0 Å². The van der Waals surface area contributed by atoms with E-state index in [1.807, 2.05) is 18.7 Å². The van der Waals surface area contributed by atoms with Crippen LogP contribution in [-0.2, 0) is 21.2 Å². The zero-order valence-corrected chi connectivity index (χ0v) is 25.8. The zero-order chi connectivity index (χ0) is 31.9. The van der Waals surface area contributed by atoms with Crippen molar-refractivity contribution >= 4 is 39.5 Å². The van der Waals surface area contributed by atoms with Crippen molar-refractivity contribution in [2.45, 2.75) is 51.0 Å². The van der Waals surface area contributed by atoms with E-state index in [-0.39, 0.29) is 29.4 Å². The average molecular weight is 629 g/mol. The van der Waals surface area contributed by atoms with E-state index in [9.17, 15) is 27.5 Å². The first-order valence-corrected chi connectivity index (χ1v) is 16.0. The lowest BCUT2D eigenvalue weighted by Crippen LogP contribution is -2.36. The molecular formula is C30H37FN6O6S. The Balaban J connectivity index is 1.63. The predicted molar refractivity (Wildman–Crippen MR) is 164 cm³/mol. The number of aromatic nitrogens is 2. The first kappa shape index (κ1) is 32.5. The number of aliphatic carboxylic acids is 1. The number of rotatable bonds is 13. The number of carbonyl (C=O) groups excluding carboxylic acids is 1. The number of sulfonamides is 1. The summed E-state index contributed by atoms with van der Waals surface area (Å²) in [6.07, 6.45) is 2.82. The second-order valence-electron chi connectivity index (χ2n) is 10.1. The Bertz CT molecular complexity index is 1550. The monoisotopic (exact) mass is 628 g/mol. The van der Waals surface area contributed by atoms with Gasteiger partial charge in [0.15, 0.2) is 5.82 Å². The van der Waals surface area contributed by atoms with Crippen LogP contribution in [0.15, 0.2) is 59.6 Å². The van der Waals surface area contributed by atoms with Crippen molar-refractivity contribution < 1.29 is 32.2 Å². The molecule has 0 bridgehead atoms. The van der Waals surface area contributed by atoms with Gasteiger partial charge in [0.05, 0.1) is 11.1 Å². The summed E-state index contributed by atoms with van der Waals surface area (Å²) in [6.45, 7) is 7.87. The van der Waals surface area contributed by atoms with E-state index >= 15 is 0 Å². The molecule has 1 fully saturated rings. The maximum atomic E-state index is 13.6. The third-order valence-corrected chi connectivity index (χ3v) is 9.21. The van der Waals surface area contributed by atoms with Crippen molar-refractivity contribution in [2.75, 3.05) is 47.2 Å². The molecule has 1 saturated heterocycles. The molecule has 1 aliphatic heterocycles. The van der Waals surface area contributed by atoms with Gasteiger partial charge in [-0.05, 0) is 75.6 Å². The SMILES string of the molecule is CCN(CC)c1ncc(N(CC)S(=O)(=O)c2ccc(F)cc2)c(N[C@@H](Cc2ccc(OC(=O)N3CCCC3)cc2)C(=O)O)n1. The molecule has 2 aromatic carbocycles. The summed E-state index contributed by atoms with van der Waals surface area (Å²) < 4.78 is 47.3. The lowest BCUT2D eigenvalue weighted by molar-refractivity contribution is -0.137. The van der Waals surface area contributed by atoms with Gasteiger partial charge < -0.3 is 25.0 Å². The Labute approximate surface area is 256 Å². The van der Waals surface area contributed by atoms with Gasteiger partial charge >= 0.3 is 12.1 Å². The van der Waals surface area contributed by atoms with Crippen LogP contribution >= 0.6 is 0 Å². The van der Waals surface area contributed by atoms with Crippen molar-refractivity contribution in [1.82, 2.24) is 14.9 Å². The number of amides is 1. The van der Waals surface area contributed by atoms with E-state index in [2.05, 4.69) is 15.3 Å². The summed E-state index contributed by atoms with van der Waals surface area (Å²) in [6, 6.07) is 9.77. The fourth-order valence-electron chi connectivity index (χ4n) is 4.88. The lowest BCUT2D eigenvalue weighted by Gasteiger charge is -2.27. The highest BCUT2D eigenvalue weighted by Gasteiger charge is 2.30. The minimum atomic E-state index is -4.18. The van der Waals surface area contributed by atoms with Gasteiger partial charge in [0, 0.05) is 39.1 Å². The molecule has 0 aliphatic carbocycles. The lowest BCUT2D eigenvalue weighted by atomic mass is 10.1. The van der Waals surface area contributed by atoms with Crippen LogP contribution in [0.1, 0.15) is 39.2 Å². The molecule has 14 heteroatoms. The number of ether oxygens (including phenoxy) is 1. The minimum absolute atomic E-state index is 0.0105. The van der Waals surface area contributed by atoms with Gasteiger partial charge in [-0.3, -0.25) is 4.31 Å². The highest BCUT2D eigenvalue weighted by Crippen LogP contribution is 2.31. The van der Waals surface area contributed by atoms with Gasteiger partial charge in [-0.2, -0.15) is 4.98 Å². The quantitative estimate of drug-likeness (QED) is 0.280. The average Bonchev–Trinajstić information content (AvgIpc) is 3.55. The fourth-order valence-corrected chi connectivity index (χ4v) is 6.34. The standard InChI is InChI=1S/C30H37FN6O6S/c1-4-35(5-2)29-32-20-26(37(6-3)44(41,42)24-15-11-22(31)12-16-24)27(34-29)33-25(28(38)39)19-21-9-13-23(14-10-21)43-30(40)36-17-7-8-18-36/h9-16,20,25H,4-8,17-19H2,1-3H3,(H,38,39)(H,32,33,34)/t25-/m0/s1. The number of carbonyl (C=O) groups is 2. The molecule has 12 nitrogen and oxygen atoms in total. The summed E-state index contributed by atoms with van der Waals surface area (Å²) in [7, 11) is -4.18. The van der Waals surface area contributed by atoms with Gasteiger partial charge in [-0.1, -0.05) is 12.1 Å². The summed E-state index contributed by atoms with van der Waals surface area (Å²) in [5.41, 5.74) is 0.680. The number of hydrogen-bond acceptors (Lipinski definition) is 9. The fraction of sp³-hybridized carbons (Fsp3) is 0.400. The van der Waals surface area contributed by atoms with Crippen molar-refractivity contribution in [3.05, 3.63) is 66.1 Å². The van der Waals surface area contributed by atoms with E-state index in [1.165, 1.54) is 6.20 Å². The topological polar surface area (TPSA) is 145 Å². The van der Waals surface area contributed by atoms with E-state index in [1.54, 1.807) is 36.1 Å². The summed E-state index contributed by atoms with van der Waals surface area (Å²) >= 11 is 0. The van der Waals surface area contributed by atoms with Crippen LogP contribution in [-0.4, -0.2) is 79.2 Å². The number of anilines is 3. The molecule has 1 aliphatic rings. The Morgan fingerprint density at radius 2 is 1.66 bits per heavy atom. The van der Waals surface area contributed by atoms with Crippen LogP contribution in [0.5, 0.6) is 5.75 Å². The van der Waals surface area contributed by atoms with Gasteiger partial charge in [0.2, 0.25) is 5.95 Å². The van der Waals surface area contributed by atoms with Crippen LogP contribution in [0.2, 0.25) is 0 Å². The Morgan fingerprint density at radius 1 is 1.02 bits per heavy atom. The predicted octanol–water partition coefficient (Wildman–Crippen LogP) is 4.38. The molecule has 44 heavy (non-hydrogen) atoms. The molecule has 0 unspecified atom stereocenters. The normalized spacial score (nSPS) is 13.8. The summed E-state index contributed by atoms with van der Waals surface area (Å²) in [5, 5.41) is 13.1. The first-order valence-electron chi connectivity index (χ1n) is 14.5. The van der Waals surface area contributed by atoms with Crippen LogP contribution in [0.4, 0.5) is 26.6 Å². The molecule has 0 saturated carbocycles. The summed E-state index contributed by atoms with van der Waals surface area (Å²) in [4.78, 5) is 37.1.